The van der Waals surface area contributed by atoms with Crippen LogP contribution in [-0.4, -0.2) is 18.6 Å². The molecule has 0 bridgehead atoms. The van der Waals surface area contributed by atoms with Gasteiger partial charge in [-0.2, -0.15) is 0 Å². The molecule has 1 aromatic heterocycles. The van der Waals surface area contributed by atoms with Gasteiger partial charge in [-0.25, -0.2) is 8.42 Å². The minimum Gasteiger partial charge on any atom is -0.252 e. The lowest BCUT2D eigenvalue weighted by Gasteiger charge is -2.13. The highest BCUT2D eigenvalue weighted by Crippen LogP contribution is 2.48. The zero-order valence-electron chi connectivity index (χ0n) is 12.1. The van der Waals surface area contributed by atoms with E-state index in [1.807, 2.05) is 30.3 Å². The van der Waals surface area contributed by atoms with Gasteiger partial charge in [-0.05, 0) is 22.3 Å². The lowest BCUT2D eigenvalue weighted by atomic mass is 9.90. The number of benzene rings is 2. The number of nitrogens with zero attached hydrogens (tertiary/aromatic N) is 1. The van der Waals surface area contributed by atoms with Crippen LogP contribution in [0.2, 0.25) is 0 Å². The first-order chi connectivity index (χ1) is 10.6. The Kier molecular flexibility index (Phi) is 2.78. The maximum Gasteiger partial charge on any atom is 0.235 e. The Morgan fingerprint density at radius 2 is 1.50 bits per heavy atom. The Morgan fingerprint density at radius 3 is 2.23 bits per heavy atom. The maximum absolute atomic E-state index is 11.9. The van der Waals surface area contributed by atoms with Crippen molar-refractivity contribution in [2.24, 2.45) is 0 Å². The SMILES string of the molecule is CS(=O)(=O)n1cc2c(c1)[C@H](c1ccccc1)c1ccccc1-2. The van der Waals surface area contributed by atoms with Gasteiger partial charge in [-0.1, -0.05) is 54.6 Å². The second-order valence-corrected chi connectivity index (χ2v) is 7.54. The van der Waals surface area contributed by atoms with Crippen LogP contribution < -0.4 is 0 Å². The number of hydrogen-bond donors (Lipinski definition) is 0. The number of rotatable bonds is 2. The van der Waals surface area contributed by atoms with Gasteiger partial charge in [-0.3, -0.25) is 3.97 Å². The minimum absolute atomic E-state index is 0.0930. The summed E-state index contributed by atoms with van der Waals surface area (Å²) in [7, 11) is -3.27. The van der Waals surface area contributed by atoms with Crippen LogP contribution in [0.25, 0.3) is 11.1 Å². The van der Waals surface area contributed by atoms with Crippen molar-refractivity contribution in [2.45, 2.75) is 5.92 Å². The van der Waals surface area contributed by atoms with Crippen molar-refractivity contribution >= 4 is 10.0 Å². The van der Waals surface area contributed by atoms with E-state index in [2.05, 4.69) is 24.3 Å². The standard InChI is InChI=1S/C18H15NO2S/c1-22(20,21)19-11-16-14-9-5-6-10-15(14)18(17(16)12-19)13-7-3-2-4-8-13/h2-12,18H,1H3/t18-/m1/s1. The van der Waals surface area contributed by atoms with Gasteiger partial charge in [0.1, 0.15) is 0 Å². The molecule has 0 spiro atoms. The molecule has 1 atom stereocenters. The van der Waals surface area contributed by atoms with E-state index in [0.717, 1.165) is 16.7 Å². The van der Waals surface area contributed by atoms with Crippen molar-refractivity contribution in [2.75, 3.05) is 6.26 Å². The first kappa shape index (κ1) is 13.3. The summed E-state index contributed by atoms with van der Waals surface area (Å²) in [5, 5.41) is 0. The molecule has 0 saturated heterocycles. The van der Waals surface area contributed by atoms with Crippen molar-refractivity contribution in [3.8, 4) is 11.1 Å². The Hall–Kier alpha value is -2.33. The van der Waals surface area contributed by atoms with E-state index < -0.39 is 10.0 Å². The molecule has 1 aliphatic rings. The summed E-state index contributed by atoms with van der Waals surface area (Å²) in [4.78, 5) is 0. The van der Waals surface area contributed by atoms with Crippen LogP contribution in [0.4, 0.5) is 0 Å². The Balaban J connectivity index is 2.00. The van der Waals surface area contributed by atoms with Gasteiger partial charge < -0.3 is 0 Å². The molecule has 0 N–H and O–H groups in total. The fourth-order valence-electron chi connectivity index (χ4n) is 3.26. The van der Waals surface area contributed by atoms with E-state index in [1.54, 1.807) is 12.4 Å². The fourth-order valence-corrected chi connectivity index (χ4v) is 3.86. The summed E-state index contributed by atoms with van der Waals surface area (Å²) in [5.74, 6) is 0.0930. The van der Waals surface area contributed by atoms with Crippen molar-refractivity contribution < 1.29 is 8.42 Å². The zero-order valence-corrected chi connectivity index (χ0v) is 12.9. The molecule has 0 fully saturated rings. The maximum atomic E-state index is 11.9. The number of fused-ring (bicyclic) bond motifs is 3. The third-order valence-electron chi connectivity index (χ3n) is 4.22. The quantitative estimate of drug-likeness (QED) is 0.569. The Morgan fingerprint density at radius 1 is 0.818 bits per heavy atom. The smallest absolute Gasteiger partial charge is 0.235 e. The van der Waals surface area contributed by atoms with Crippen LogP contribution in [0.15, 0.2) is 67.0 Å². The molecule has 3 aromatic rings. The highest BCUT2D eigenvalue weighted by atomic mass is 32.2. The average Bonchev–Trinajstić information content (AvgIpc) is 3.05. The van der Waals surface area contributed by atoms with Gasteiger partial charge in [-0.15, -0.1) is 0 Å². The highest BCUT2D eigenvalue weighted by molar-refractivity contribution is 7.89. The van der Waals surface area contributed by atoms with Gasteiger partial charge in [0, 0.05) is 23.9 Å². The van der Waals surface area contributed by atoms with E-state index in [1.165, 1.54) is 21.4 Å². The largest absolute Gasteiger partial charge is 0.252 e. The van der Waals surface area contributed by atoms with Crippen molar-refractivity contribution in [3.63, 3.8) is 0 Å². The van der Waals surface area contributed by atoms with Gasteiger partial charge in [0.15, 0.2) is 0 Å². The third kappa shape index (κ3) is 1.91. The predicted molar refractivity (Wildman–Crippen MR) is 87.5 cm³/mol. The van der Waals surface area contributed by atoms with Crippen molar-refractivity contribution in [3.05, 3.63) is 83.7 Å². The molecular weight excluding hydrogens is 294 g/mol. The van der Waals surface area contributed by atoms with E-state index in [0.29, 0.717) is 0 Å². The highest BCUT2D eigenvalue weighted by Gasteiger charge is 2.32. The van der Waals surface area contributed by atoms with Gasteiger partial charge >= 0.3 is 0 Å². The van der Waals surface area contributed by atoms with E-state index >= 15 is 0 Å². The molecule has 2 aromatic carbocycles. The van der Waals surface area contributed by atoms with Gasteiger partial charge in [0.05, 0.1) is 6.26 Å². The first-order valence-electron chi connectivity index (χ1n) is 7.12. The third-order valence-corrected chi connectivity index (χ3v) is 5.20. The van der Waals surface area contributed by atoms with Crippen LogP contribution in [-0.2, 0) is 10.0 Å². The minimum atomic E-state index is -3.27. The fraction of sp³-hybridized carbons (Fsp3) is 0.111. The molecule has 0 saturated carbocycles. The lowest BCUT2D eigenvalue weighted by Crippen LogP contribution is -2.08. The number of hydrogen-bond acceptors (Lipinski definition) is 2. The summed E-state index contributed by atoms with van der Waals surface area (Å²) in [5.41, 5.74) is 5.60. The number of aromatic nitrogens is 1. The zero-order chi connectivity index (χ0) is 15.3. The van der Waals surface area contributed by atoms with E-state index in [9.17, 15) is 8.42 Å². The van der Waals surface area contributed by atoms with Gasteiger partial charge in [0.2, 0.25) is 10.0 Å². The molecule has 4 heteroatoms. The average molecular weight is 309 g/mol. The van der Waals surface area contributed by atoms with Crippen molar-refractivity contribution in [1.29, 1.82) is 0 Å². The summed E-state index contributed by atoms with van der Waals surface area (Å²) in [6.07, 6.45) is 4.71. The van der Waals surface area contributed by atoms with Gasteiger partial charge in [0.25, 0.3) is 0 Å². The molecule has 0 radical (unpaired) electrons. The molecule has 110 valence electrons. The van der Waals surface area contributed by atoms with Crippen LogP contribution >= 0.6 is 0 Å². The molecule has 1 heterocycles. The Labute approximate surface area is 129 Å². The van der Waals surface area contributed by atoms with Crippen LogP contribution in [0.5, 0.6) is 0 Å². The molecule has 22 heavy (non-hydrogen) atoms. The summed E-state index contributed by atoms with van der Waals surface area (Å²) < 4.78 is 25.0. The van der Waals surface area contributed by atoms with Crippen LogP contribution in [0, 0.1) is 0 Å². The van der Waals surface area contributed by atoms with E-state index in [-0.39, 0.29) is 5.92 Å². The molecule has 0 aliphatic heterocycles. The summed E-state index contributed by atoms with van der Waals surface area (Å²) in [6.45, 7) is 0. The molecule has 1 aliphatic carbocycles. The molecule has 0 unspecified atom stereocenters. The second-order valence-electron chi connectivity index (χ2n) is 5.65. The molecule has 4 rings (SSSR count). The topological polar surface area (TPSA) is 39.1 Å². The van der Waals surface area contributed by atoms with Crippen LogP contribution in [0.1, 0.15) is 22.6 Å². The molecule has 3 nitrogen and oxygen atoms in total. The monoisotopic (exact) mass is 309 g/mol. The van der Waals surface area contributed by atoms with Crippen molar-refractivity contribution in [1.82, 2.24) is 3.97 Å². The molecule has 0 amide bonds. The Bertz CT molecular complexity index is 956. The van der Waals surface area contributed by atoms with Crippen LogP contribution in [0.3, 0.4) is 0 Å². The second kappa shape index (κ2) is 4.58. The predicted octanol–water partition coefficient (Wildman–Crippen LogP) is 3.46. The first-order valence-corrected chi connectivity index (χ1v) is 8.97. The van der Waals surface area contributed by atoms with E-state index in [4.69, 9.17) is 0 Å². The molecular formula is C18H15NO2S. The normalized spacial score (nSPS) is 16.3. The summed E-state index contributed by atoms with van der Waals surface area (Å²) in [6, 6.07) is 18.4. The lowest BCUT2D eigenvalue weighted by molar-refractivity contribution is 0.593. The summed E-state index contributed by atoms with van der Waals surface area (Å²) >= 11 is 0.